The van der Waals surface area contributed by atoms with Crippen molar-refractivity contribution in [2.24, 2.45) is 0 Å². The van der Waals surface area contributed by atoms with Crippen LogP contribution in [0.3, 0.4) is 0 Å². The van der Waals surface area contributed by atoms with Crippen molar-refractivity contribution < 1.29 is 0 Å². The van der Waals surface area contributed by atoms with E-state index in [9.17, 15) is 0 Å². The van der Waals surface area contributed by atoms with Gasteiger partial charge in [-0.05, 0) is 199 Å². The number of anilines is 8. The quantitative estimate of drug-likeness (QED) is 0.145. The number of thiazole rings is 2. The molecule has 12 aromatic carbocycles. The third-order valence-electron chi connectivity index (χ3n) is 22.5. The fraction of sp³-hybridized carbons (Fsp3) is 0.106. The van der Waals surface area contributed by atoms with Gasteiger partial charge in [-0.1, -0.05) is 187 Å². The molecule has 10 nitrogen and oxygen atoms in total. The summed E-state index contributed by atoms with van der Waals surface area (Å²) in [6, 6.07) is 102. The fourth-order valence-corrected chi connectivity index (χ4v) is 19.2. The molecule has 0 bridgehead atoms. The number of nitrogens with one attached hydrogen (secondary N) is 2. The van der Waals surface area contributed by atoms with E-state index in [-0.39, 0.29) is 24.3 Å². The zero-order valence-electron chi connectivity index (χ0n) is 60.7. The van der Waals surface area contributed by atoms with Crippen LogP contribution in [0.1, 0.15) is 63.8 Å². The molecule has 0 fully saturated rings. The Hall–Kier alpha value is -12.4. The Morgan fingerprint density at radius 2 is 0.796 bits per heavy atom. The first-order valence-electron chi connectivity index (χ1n) is 37.3. The number of hydrogen-bond acceptors (Lipinski definition) is 10. The molecule has 0 radical (unpaired) electrons. The van der Waals surface area contributed by atoms with E-state index in [1.54, 1.807) is 22.7 Å². The maximum absolute atomic E-state index is 5.18. The molecule has 4 aliphatic heterocycles. The minimum absolute atomic E-state index is 0.00169. The molecule has 10 heterocycles. The van der Waals surface area contributed by atoms with Gasteiger partial charge in [0.2, 0.25) is 0 Å². The summed E-state index contributed by atoms with van der Waals surface area (Å²) in [6.45, 7) is 15.4. The van der Waals surface area contributed by atoms with Crippen LogP contribution in [0.25, 0.3) is 96.8 Å². The van der Waals surface area contributed by atoms with Gasteiger partial charge in [0.15, 0.2) is 0 Å². The van der Waals surface area contributed by atoms with Gasteiger partial charge in [0, 0.05) is 104 Å². The lowest BCUT2D eigenvalue weighted by molar-refractivity contribution is 0.590. The van der Waals surface area contributed by atoms with E-state index in [2.05, 4.69) is 338 Å². The Balaban J connectivity index is 0.000000143. The molecule has 22 rings (SSSR count). The summed E-state index contributed by atoms with van der Waals surface area (Å²) in [6.07, 6.45) is 3.77. The highest BCUT2D eigenvalue weighted by molar-refractivity contribution is 7.22. The average molecular weight is 1430 g/mol. The predicted molar refractivity (Wildman–Crippen MR) is 458 cm³/mol. The van der Waals surface area contributed by atoms with Gasteiger partial charge >= 0.3 is 0 Å². The highest BCUT2D eigenvalue weighted by Crippen LogP contribution is 2.47. The zero-order valence-corrected chi connectivity index (χ0v) is 62.3. The van der Waals surface area contributed by atoms with Gasteiger partial charge in [-0.2, -0.15) is 0 Å². The van der Waals surface area contributed by atoms with E-state index in [1.807, 2.05) is 24.5 Å². The van der Waals surface area contributed by atoms with Crippen molar-refractivity contribution in [3.63, 3.8) is 0 Å². The maximum atomic E-state index is 5.18. The average Bonchev–Trinajstić information content (AvgIpc) is 1.69. The molecule has 516 valence electrons. The minimum atomic E-state index is -0.0881. The van der Waals surface area contributed by atoms with Crippen LogP contribution in [0.15, 0.2) is 291 Å². The number of pyridine rings is 2. The first-order chi connectivity index (χ1) is 52.8. The van der Waals surface area contributed by atoms with Crippen molar-refractivity contribution in [3.05, 3.63) is 314 Å². The lowest BCUT2D eigenvalue weighted by Crippen LogP contribution is -2.62. The van der Waals surface area contributed by atoms with Gasteiger partial charge in [0.05, 0.1) is 42.5 Å². The second-order valence-electron chi connectivity index (χ2n) is 31.2. The Labute approximate surface area is 635 Å². The van der Waals surface area contributed by atoms with Crippen LogP contribution in [0.4, 0.5) is 45.5 Å². The Bertz CT molecular complexity index is 6630. The van der Waals surface area contributed by atoms with Crippen LogP contribution in [0.2, 0.25) is 0 Å². The summed E-state index contributed by atoms with van der Waals surface area (Å²) < 4.78 is 7.07. The highest BCUT2D eigenvalue weighted by atomic mass is 32.1. The Kier molecular flexibility index (Phi) is 14.6. The van der Waals surface area contributed by atoms with E-state index >= 15 is 0 Å². The van der Waals surface area contributed by atoms with Crippen LogP contribution >= 0.6 is 22.7 Å². The monoisotopic (exact) mass is 1430 g/mol. The molecule has 0 saturated carbocycles. The number of fused-ring (bicyclic) bond motifs is 16. The lowest BCUT2D eigenvalue weighted by atomic mass is 9.33. The van der Waals surface area contributed by atoms with Crippen LogP contribution in [-0.2, 0) is 23.9 Å². The van der Waals surface area contributed by atoms with E-state index in [1.165, 1.54) is 120 Å². The second-order valence-corrected chi connectivity index (χ2v) is 33.2. The number of benzene rings is 12. The first-order valence-corrected chi connectivity index (χ1v) is 38.9. The lowest BCUT2D eigenvalue weighted by Gasteiger charge is -2.45. The Morgan fingerprint density at radius 3 is 1.35 bits per heavy atom. The molecule has 0 saturated heterocycles. The normalized spacial score (nSPS) is 13.2. The van der Waals surface area contributed by atoms with Gasteiger partial charge < -0.3 is 20.4 Å². The van der Waals surface area contributed by atoms with Crippen LogP contribution < -0.4 is 53.2 Å². The zero-order chi connectivity index (χ0) is 72.3. The van der Waals surface area contributed by atoms with Gasteiger partial charge in [-0.3, -0.25) is 9.13 Å². The molecule has 4 aliphatic rings. The van der Waals surface area contributed by atoms with Crippen LogP contribution in [0, 0.1) is 0 Å². The molecule has 2 N–H and O–H groups in total. The number of hydrogen-bond donors (Lipinski definition) is 2. The standard InChI is InChI=1S/C54H42BN5S.C40H30BN5S/c1-54(2,3)38-29-48-52-49(30-38)59(34-36-18-8-5-9-19-36)47-31-40-39-20-10-12-22-44(39)60(51-24-14-15-27-56-51)46(40)32-42(47)55(52)41-28-37(53-57-43-21-11-13-23-50(43)61-53)25-26-45(41)58(48)33-35-16-6-4-7-17-35;1-40(2,3)24-19-32-38-33(20-24)44-31-21-26-25-10-4-6-12-34(25)46(37-14-8-9-17-42-37)35(26)22-28(31)41(38)27-18-23(15-16-29(27)43-32)39-45-30-11-5-7-13-36(30)47-39/h4-32H,33-34H2,1-3H3;4-22,43-44H,1-3H3. The van der Waals surface area contributed by atoms with Gasteiger partial charge in [0.25, 0.3) is 13.4 Å². The number of aromatic nitrogens is 6. The summed E-state index contributed by atoms with van der Waals surface area (Å²) in [7, 11) is 0. The van der Waals surface area contributed by atoms with Crippen LogP contribution in [0.5, 0.6) is 0 Å². The summed E-state index contributed by atoms with van der Waals surface area (Å²) in [4.78, 5) is 25.1. The van der Waals surface area contributed by atoms with E-state index < -0.39 is 0 Å². The SMILES string of the molecule is CC(C)(C)c1cc2c3c(c1)N(Cc1ccccc1)c1cc4c5ccccc5n(-c5ccccn5)c4cc1B3c1cc(-c3nc4ccccc4s3)ccc1N2Cc1ccccc1.CC(C)(C)c1cc2c3c(c1)Nc1cc4c5ccccc5n(-c5ccccn5)c4cc1B3c1cc(-c3nc4ccccc4s3)ccc1N2. The topological polar surface area (TPSA) is 92.0 Å². The van der Waals surface area contributed by atoms with E-state index in [0.717, 1.165) is 90.3 Å². The fourth-order valence-electron chi connectivity index (χ4n) is 17.3. The summed E-state index contributed by atoms with van der Waals surface area (Å²) in [5.74, 6) is 1.83. The number of para-hydroxylation sites is 4. The molecule has 0 unspecified atom stereocenters. The molecule has 6 aromatic heterocycles. The smallest absolute Gasteiger partial charge is 0.252 e. The van der Waals surface area contributed by atoms with Gasteiger partial charge in [0.1, 0.15) is 21.7 Å². The molecular formula is C94H72B2N10S2. The van der Waals surface area contributed by atoms with Crippen molar-refractivity contribution in [1.29, 1.82) is 0 Å². The van der Waals surface area contributed by atoms with Crippen molar-refractivity contribution in [2.45, 2.75) is 65.5 Å². The highest BCUT2D eigenvalue weighted by Gasteiger charge is 2.45. The molecule has 0 spiro atoms. The third-order valence-corrected chi connectivity index (χ3v) is 24.7. The Morgan fingerprint density at radius 1 is 0.343 bits per heavy atom. The van der Waals surface area contributed by atoms with Crippen molar-refractivity contribution in [1.82, 2.24) is 29.1 Å². The predicted octanol–water partition coefficient (Wildman–Crippen LogP) is 20.0. The molecule has 0 amide bonds. The molecule has 108 heavy (non-hydrogen) atoms. The van der Waals surface area contributed by atoms with Crippen molar-refractivity contribution in [3.8, 4) is 32.8 Å². The largest absolute Gasteiger partial charge is 0.356 e. The third kappa shape index (κ3) is 10.4. The molecule has 0 atom stereocenters. The first kappa shape index (κ1) is 64.1. The summed E-state index contributed by atoms with van der Waals surface area (Å²) in [5.41, 5.74) is 31.5. The summed E-state index contributed by atoms with van der Waals surface area (Å²) >= 11 is 3.52. The van der Waals surface area contributed by atoms with Crippen molar-refractivity contribution >= 4 is 178 Å². The van der Waals surface area contributed by atoms with E-state index in [0.29, 0.717) is 0 Å². The van der Waals surface area contributed by atoms with Crippen molar-refractivity contribution in [2.75, 3.05) is 20.4 Å². The number of rotatable bonds is 8. The molecular weight excluding hydrogens is 1350 g/mol. The maximum Gasteiger partial charge on any atom is 0.252 e. The van der Waals surface area contributed by atoms with Gasteiger partial charge in [-0.15, -0.1) is 22.7 Å². The van der Waals surface area contributed by atoms with E-state index in [4.69, 9.17) is 19.9 Å². The number of nitrogens with zero attached hydrogens (tertiary/aromatic N) is 8. The molecule has 0 aliphatic carbocycles. The summed E-state index contributed by atoms with van der Waals surface area (Å²) in [5, 5.41) is 14.7. The minimum Gasteiger partial charge on any atom is -0.356 e. The van der Waals surface area contributed by atoms with Gasteiger partial charge in [-0.25, -0.2) is 19.9 Å². The molecule has 18 aromatic rings. The van der Waals surface area contributed by atoms with Crippen LogP contribution in [-0.4, -0.2) is 42.5 Å². The second kappa shape index (κ2) is 24.6. The molecule has 14 heteroatoms.